The molecule has 2 aromatic rings. The van der Waals surface area contributed by atoms with E-state index in [0.717, 1.165) is 0 Å². The normalized spacial score (nSPS) is 10.8. The van der Waals surface area contributed by atoms with Crippen LogP contribution in [0.15, 0.2) is 42.6 Å². The van der Waals surface area contributed by atoms with E-state index >= 15 is 0 Å². The highest BCUT2D eigenvalue weighted by Gasteiger charge is 2.10. The van der Waals surface area contributed by atoms with Crippen LogP contribution in [0.5, 0.6) is 17.4 Å². The maximum absolute atomic E-state index is 12.3. The molecule has 0 saturated heterocycles. The molecule has 0 bridgehead atoms. The summed E-state index contributed by atoms with van der Waals surface area (Å²) in [5, 5.41) is 2.63. The van der Waals surface area contributed by atoms with Crippen molar-refractivity contribution < 1.29 is 27.8 Å². The Hall–Kier alpha value is -3.16. The van der Waals surface area contributed by atoms with Crippen molar-refractivity contribution in [2.75, 3.05) is 19.5 Å². The fourth-order valence-electron chi connectivity index (χ4n) is 1.91. The van der Waals surface area contributed by atoms with Crippen LogP contribution in [0.2, 0.25) is 0 Å². The van der Waals surface area contributed by atoms with Crippen molar-refractivity contribution in [2.45, 2.75) is 6.61 Å². The van der Waals surface area contributed by atoms with E-state index < -0.39 is 6.61 Å². The molecule has 1 aromatic heterocycles. The monoisotopic (exact) mass is 350 g/mol. The van der Waals surface area contributed by atoms with Crippen LogP contribution in [-0.2, 0) is 4.79 Å². The van der Waals surface area contributed by atoms with E-state index in [4.69, 9.17) is 9.47 Å². The van der Waals surface area contributed by atoms with Crippen LogP contribution in [-0.4, -0.2) is 31.7 Å². The summed E-state index contributed by atoms with van der Waals surface area (Å²) in [6.45, 7) is -2.95. The van der Waals surface area contributed by atoms with Crippen LogP contribution < -0.4 is 19.5 Å². The van der Waals surface area contributed by atoms with Crippen LogP contribution in [0, 0.1) is 0 Å². The lowest BCUT2D eigenvalue weighted by Gasteiger charge is -2.10. The fraction of sp³-hybridized carbons (Fsp3) is 0.176. The number of nitrogens with one attached hydrogen (secondary N) is 1. The van der Waals surface area contributed by atoms with Gasteiger partial charge in [-0.2, -0.15) is 8.78 Å². The SMILES string of the molecule is COc1ccc(NC(=O)/C=C/c2ccc(OC(F)F)c(OC)c2)cn1. The molecule has 8 heteroatoms. The van der Waals surface area contributed by atoms with Gasteiger partial charge in [0.2, 0.25) is 11.8 Å². The van der Waals surface area contributed by atoms with Crippen LogP contribution in [0.3, 0.4) is 0 Å². The molecule has 1 heterocycles. The smallest absolute Gasteiger partial charge is 0.387 e. The number of rotatable bonds is 7. The summed E-state index contributed by atoms with van der Waals surface area (Å²) in [5.74, 6) is 0.121. The largest absolute Gasteiger partial charge is 0.493 e. The molecule has 0 saturated carbocycles. The molecule has 25 heavy (non-hydrogen) atoms. The summed E-state index contributed by atoms with van der Waals surface area (Å²) in [5.41, 5.74) is 1.09. The van der Waals surface area contributed by atoms with E-state index in [1.54, 1.807) is 12.1 Å². The second-order valence-electron chi connectivity index (χ2n) is 4.70. The number of hydrogen-bond acceptors (Lipinski definition) is 5. The van der Waals surface area contributed by atoms with E-state index in [1.165, 1.54) is 50.8 Å². The molecule has 0 radical (unpaired) electrons. The summed E-state index contributed by atoms with van der Waals surface area (Å²) < 4.78 is 38.8. The Labute approximate surface area is 143 Å². The second kappa shape index (κ2) is 8.62. The van der Waals surface area contributed by atoms with Crippen molar-refractivity contribution >= 4 is 17.7 Å². The van der Waals surface area contributed by atoms with Gasteiger partial charge >= 0.3 is 6.61 Å². The van der Waals surface area contributed by atoms with Gasteiger partial charge in [0, 0.05) is 12.1 Å². The lowest BCUT2D eigenvalue weighted by Crippen LogP contribution is -2.08. The first-order chi connectivity index (χ1) is 12.0. The zero-order chi connectivity index (χ0) is 18.2. The molecular formula is C17H16F2N2O4. The highest BCUT2D eigenvalue weighted by Crippen LogP contribution is 2.29. The van der Waals surface area contributed by atoms with Crippen molar-refractivity contribution in [1.29, 1.82) is 0 Å². The summed E-state index contributed by atoms with van der Waals surface area (Å²) in [6.07, 6.45) is 4.28. The first kappa shape index (κ1) is 18.2. The van der Waals surface area contributed by atoms with Crippen molar-refractivity contribution in [1.82, 2.24) is 4.98 Å². The van der Waals surface area contributed by atoms with Gasteiger partial charge in [0.25, 0.3) is 0 Å². The maximum Gasteiger partial charge on any atom is 0.387 e. The summed E-state index contributed by atoms with van der Waals surface area (Å²) in [4.78, 5) is 15.9. The van der Waals surface area contributed by atoms with Crippen molar-refractivity contribution in [3.8, 4) is 17.4 Å². The molecule has 0 aliphatic rings. The molecule has 6 nitrogen and oxygen atoms in total. The van der Waals surface area contributed by atoms with E-state index in [0.29, 0.717) is 17.1 Å². The Morgan fingerprint density at radius 1 is 1.16 bits per heavy atom. The molecule has 1 aromatic carbocycles. The Kier molecular flexibility index (Phi) is 6.27. The van der Waals surface area contributed by atoms with Crippen LogP contribution in [0.1, 0.15) is 5.56 Å². The molecule has 0 aliphatic carbocycles. The standard InChI is InChI=1S/C17H16F2N2O4/c1-23-14-9-11(3-6-13(14)25-17(18)19)4-7-15(22)21-12-5-8-16(24-2)20-10-12/h3-10,17H,1-2H3,(H,21,22)/b7-4+. The van der Waals surface area contributed by atoms with Gasteiger partial charge in [-0.3, -0.25) is 4.79 Å². The zero-order valence-corrected chi connectivity index (χ0v) is 13.5. The maximum atomic E-state index is 12.3. The number of amides is 1. The van der Waals surface area contributed by atoms with Gasteiger partial charge in [0.1, 0.15) is 0 Å². The van der Waals surface area contributed by atoms with E-state index in [9.17, 15) is 13.6 Å². The Morgan fingerprint density at radius 2 is 1.96 bits per heavy atom. The Bertz CT molecular complexity index is 749. The first-order valence-corrected chi connectivity index (χ1v) is 7.14. The van der Waals surface area contributed by atoms with Crippen molar-refractivity contribution in [3.63, 3.8) is 0 Å². The van der Waals surface area contributed by atoms with E-state index in [1.807, 2.05) is 0 Å². The average molecular weight is 350 g/mol. The lowest BCUT2D eigenvalue weighted by atomic mass is 10.2. The number of nitrogens with zero attached hydrogens (tertiary/aromatic N) is 1. The third-order valence-corrected chi connectivity index (χ3v) is 3.04. The van der Waals surface area contributed by atoms with Crippen molar-refractivity contribution in [2.24, 2.45) is 0 Å². The van der Waals surface area contributed by atoms with Crippen molar-refractivity contribution in [3.05, 3.63) is 48.2 Å². The number of carbonyl (C=O) groups excluding carboxylic acids is 1. The van der Waals surface area contributed by atoms with Gasteiger partial charge < -0.3 is 19.5 Å². The van der Waals surface area contributed by atoms with Gasteiger partial charge in [-0.05, 0) is 29.8 Å². The Morgan fingerprint density at radius 3 is 2.56 bits per heavy atom. The summed E-state index contributed by atoms with van der Waals surface area (Å²) in [7, 11) is 2.83. The van der Waals surface area contributed by atoms with E-state index in [-0.39, 0.29) is 17.4 Å². The molecule has 132 valence electrons. The number of methoxy groups -OCH3 is 2. The number of halogens is 2. The molecule has 2 rings (SSSR count). The van der Waals surface area contributed by atoms with Crippen LogP contribution in [0.4, 0.5) is 14.5 Å². The third kappa shape index (κ3) is 5.45. The number of aromatic nitrogens is 1. The summed E-state index contributed by atoms with van der Waals surface area (Å²) >= 11 is 0. The van der Waals surface area contributed by atoms with Gasteiger partial charge in [0.15, 0.2) is 11.5 Å². The number of anilines is 1. The molecule has 0 fully saturated rings. The minimum atomic E-state index is -2.95. The number of benzene rings is 1. The van der Waals surface area contributed by atoms with E-state index in [2.05, 4.69) is 15.0 Å². The Balaban J connectivity index is 2.03. The fourth-order valence-corrected chi connectivity index (χ4v) is 1.91. The zero-order valence-electron chi connectivity index (χ0n) is 13.5. The van der Waals surface area contributed by atoms with Gasteiger partial charge in [-0.15, -0.1) is 0 Å². The predicted molar refractivity (Wildman–Crippen MR) is 88.1 cm³/mol. The summed E-state index contributed by atoms with van der Waals surface area (Å²) in [6, 6.07) is 7.62. The first-order valence-electron chi connectivity index (χ1n) is 7.14. The third-order valence-electron chi connectivity index (χ3n) is 3.04. The number of hydrogen-bond donors (Lipinski definition) is 1. The molecule has 1 amide bonds. The number of alkyl halides is 2. The van der Waals surface area contributed by atoms with Gasteiger partial charge in [-0.25, -0.2) is 4.98 Å². The molecule has 0 aliphatic heterocycles. The minimum absolute atomic E-state index is 0.0802. The highest BCUT2D eigenvalue weighted by atomic mass is 19.3. The average Bonchev–Trinajstić information content (AvgIpc) is 2.61. The molecule has 0 atom stereocenters. The minimum Gasteiger partial charge on any atom is -0.493 e. The number of pyridine rings is 1. The lowest BCUT2D eigenvalue weighted by molar-refractivity contribution is -0.111. The number of carbonyl (C=O) groups is 1. The van der Waals surface area contributed by atoms with Gasteiger partial charge in [0.05, 0.1) is 26.1 Å². The van der Waals surface area contributed by atoms with Crippen LogP contribution >= 0.6 is 0 Å². The van der Waals surface area contributed by atoms with Crippen LogP contribution in [0.25, 0.3) is 6.08 Å². The molecular weight excluding hydrogens is 334 g/mol. The van der Waals surface area contributed by atoms with Gasteiger partial charge in [-0.1, -0.05) is 6.07 Å². The predicted octanol–water partition coefficient (Wildman–Crippen LogP) is 3.35. The topological polar surface area (TPSA) is 69.7 Å². The molecule has 0 spiro atoms. The number of ether oxygens (including phenoxy) is 3. The quantitative estimate of drug-likeness (QED) is 0.776. The molecule has 0 unspecified atom stereocenters. The molecule has 1 N–H and O–H groups in total. The highest BCUT2D eigenvalue weighted by molar-refractivity contribution is 6.01. The second-order valence-corrected chi connectivity index (χ2v) is 4.70.